The summed E-state index contributed by atoms with van der Waals surface area (Å²) in [7, 11) is 0. The SMILES string of the molecule is Cc1cccc(C(=N)Br)c1NC1CCN(C(O)OC(C)(C)C)CC1. The number of hydrogen-bond acceptors (Lipinski definition) is 5. The van der Waals surface area contributed by atoms with Crippen LogP contribution in [0.2, 0.25) is 0 Å². The highest BCUT2D eigenvalue weighted by atomic mass is 79.9. The lowest BCUT2D eigenvalue weighted by Gasteiger charge is -2.37. The summed E-state index contributed by atoms with van der Waals surface area (Å²) in [6.07, 6.45) is 0.998. The molecule has 1 aromatic carbocycles. The average Bonchev–Trinajstić information content (AvgIpc) is 2.48. The molecule has 3 N–H and O–H groups in total. The number of para-hydroxylation sites is 1. The fourth-order valence-electron chi connectivity index (χ4n) is 2.90. The minimum absolute atomic E-state index is 0.329. The standard InChI is InChI=1S/C18H28BrN3O2/c1-12-6-5-7-14(16(19)20)15(12)21-13-8-10-22(11-9-13)17(23)24-18(2,3)4/h5-7,13,17,20-21,23H,8-11H2,1-4H3. The molecule has 6 heteroatoms. The Morgan fingerprint density at radius 2 is 2.00 bits per heavy atom. The normalized spacial score (nSPS) is 18.4. The van der Waals surface area contributed by atoms with Gasteiger partial charge in [0, 0.05) is 30.4 Å². The summed E-state index contributed by atoms with van der Waals surface area (Å²) in [5.41, 5.74) is 2.67. The summed E-state index contributed by atoms with van der Waals surface area (Å²) in [4.78, 5) is 1.97. The largest absolute Gasteiger partial charge is 0.381 e. The number of benzene rings is 1. The first kappa shape index (κ1) is 19.4. The lowest BCUT2D eigenvalue weighted by molar-refractivity contribution is -0.242. The molecule has 1 unspecified atom stereocenters. The summed E-state index contributed by atoms with van der Waals surface area (Å²) in [6, 6.07) is 6.30. The second kappa shape index (κ2) is 7.95. The summed E-state index contributed by atoms with van der Waals surface area (Å²) < 4.78 is 6.02. The number of halogens is 1. The highest BCUT2D eigenvalue weighted by molar-refractivity contribution is 9.18. The number of likely N-dealkylation sites (tertiary alicyclic amines) is 1. The fourth-order valence-corrected chi connectivity index (χ4v) is 3.23. The zero-order valence-corrected chi connectivity index (χ0v) is 16.5. The zero-order chi connectivity index (χ0) is 17.9. The van der Waals surface area contributed by atoms with Crippen LogP contribution in [-0.2, 0) is 4.74 Å². The maximum atomic E-state index is 10.2. The molecule has 1 atom stereocenters. The predicted molar refractivity (Wildman–Crippen MR) is 102 cm³/mol. The van der Waals surface area contributed by atoms with Gasteiger partial charge < -0.3 is 15.2 Å². The Kier molecular flexibility index (Phi) is 6.42. The number of anilines is 1. The third kappa shape index (κ3) is 5.28. The highest BCUT2D eigenvalue weighted by Crippen LogP contribution is 2.26. The molecule has 0 amide bonds. The molecule has 2 rings (SSSR count). The Labute approximate surface area is 153 Å². The molecule has 1 aromatic rings. The van der Waals surface area contributed by atoms with Gasteiger partial charge in [0.1, 0.15) is 4.62 Å². The van der Waals surface area contributed by atoms with Crippen molar-refractivity contribution in [2.24, 2.45) is 0 Å². The first-order chi connectivity index (χ1) is 11.2. The first-order valence-electron chi connectivity index (χ1n) is 8.38. The Morgan fingerprint density at radius 1 is 1.38 bits per heavy atom. The van der Waals surface area contributed by atoms with Gasteiger partial charge in [-0.15, -0.1) is 0 Å². The third-order valence-electron chi connectivity index (χ3n) is 4.16. The second-order valence-electron chi connectivity index (χ2n) is 7.32. The van der Waals surface area contributed by atoms with Crippen molar-refractivity contribution in [2.45, 2.75) is 58.6 Å². The monoisotopic (exact) mass is 397 g/mol. The van der Waals surface area contributed by atoms with Gasteiger partial charge in [0.05, 0.1) is 5.60 Å². The Morgan fingerprint density at radius 3 is 2.54 bits per heavy atom. The van der Waals surface area contributed by atoms with Crippen LogP contribution in [0.1, 0.15) is 44.7 Å². The molecule has 0 spiro atoms. The van der Waals surface area contributed by atoms with Gasteiger partial charge in [-0.25, -0.2) is 0 Å². The van der Waals surface area contributed by atoms with E-state index in [1.165, 1.54) is 0 Å². The van der Waals surface area contributed by atoms with Crippen LogP contribution >= 0.6 is 15.9 Å². The zero-order valence-electron chi connectivity index (χ0n) is 14.9. The molecule has 1 saturated heterocycles. The van der Waals surface area contributed by atoms with Crippen LogP contribution in [-0.4, -0.2) is 45.8 Å². The molecule has 1 aliphatic rings. The number of nitrogens with zero attached hydrogens (tertiary/aromatic N) is 1. The van der Waals surface area contributed by atoms with Crippen molar-refractivity contribution in [1.82, 2.24) is 4.90 Å². The number of ether oxygens (including phenoxy) is 1. The predicted octanol–water partition coefficient (Wildman–Crippen LogP) is 3.68. The fraction of sp³-hybridized carbons (Fsp3) is 0.611. The summed E-state index contributed by atoms with van der Waals surface area (Å²) in [5.74, 6) is 0. The van der Waals surface area contributed by atoms with E-state index in [4.69, 9.17) is 10.1 Å². The molecule has 0 aromatic heterocycles. The van der Waals surface area contributed by atoms with Crippen LogP contribution in [0.25, 0.3) is 0 Å². The van der Waals surface area contributed by atoms with Gasteiger partial charge in [0.2, 0.25) is 6.41 Å². The van der Waals surface area contributed by atoms with Gasteiger partial charge >= 0.3 is 0 Å². The number of rotatable bonds is 5. The number of aryl methyl sites for hydroxylation is 1. The van der Waals surface area contributed by atoms with Crippen LogP contribution in [0, 0.1) is 12.3 Å². The Hall–Kier alpha value is -0.950. The molecule has 1 aliphatic heterocycles. The van der Waals surface area contributed by atoms with Gasteiger partial charge in [-0.05, 0) is 62.0 Å². The van der Waals surface area contributed by atoms with Crippen molar-refractivity contribution in [3.8, 4) is 0 Å². The minimum atomic E-state index is -0.851. The number of hydrogen-bond donors (Lipinski definition) is 3. The summed E-state index contributed by atoms with van der Waals surface area (Å²) in [5, 5.41) is 21.7. The van der Waals surface area contributed by atoms with E-state index in [1.807, 2.05) is 37.8 Å². The van der Waals surface area contributed by atoms with E-state index in [-0.39, 0.29) is 5.60 Å². The van der Waals surface area contributed by atoms with E-state index >= 15 is 0 Å². The maximum absolute atomic E-state index is 10.2. The topological polar surface area (TPSA) is 68.6 Å². The molecule has 24 heavy (non-hydrogen) atoms. The van der Waals surface area contributed by atoms with E-state index in [0.29, 0.717) is 10.7 Å². The molecule has 1 heterocycles. The van der Waals surface area contributed by atoms with Crippen molar-refractivity contribution in [3.63, 3.8) is 0 Å². The summed E-state index contributed by atoms with van der Waals surface area (Å²) in [6.45, 7) is 9.44. The molecule has 0 aliphatic carbocycles. The molecule has 0 bridgehead atoms. The van der Waals surface area contributed by atoms with Crippen molar-refractivity contribution in [3.05, 3.63) is 29.3 Å². The summed E-state index contributed by atoms with van der Waals surface area (Å²) >= 11 is 3.27. The van der Waals surface area contributed by atoms with Crippen LogP contribution in [0.3, 0.4) is 0 Å². The number of aliphatic hydroxyl groups excluding tert-OH is 1. The smallest absolute Gasteiger partial charge is 0.216 e. The lowest BCUT2D eigenvalue weighted by atomic mass is 10.0. The van der Waals surface area contributed by atoms with Crippen molar-refractivity contribution < 1.29 is 9.84 Å². The van der Waals surface area contributed by atoms with Gasteiger partial charge in [-0.2, -0.15) is 0 Å². The van der Waals surface area contributed by atoms with E-state index < -0.39 is 6.41 Å². The van der Waals surface area contributed by atoms with Gasteiger partial charge in [0.25, 0.3) is 0 Å². The van der Waals surface area contributed by atoms with Gasteiger partial charge in [-0.1, -0.05) is 18.2 Å². The molecule has 5 nitrogen and oxygen atoms in total. The van der Waals surface area contributed by atoms with Crippen LogP contribution < -0.4 is 5.32 Å². The highest BCUT2D eigenvalue weighted by Gasteiger charge is 2.27. The van der Waals surface area contributed by atoms with E-state index in [9.17, 15) is 5.11 Å². The van der Waals surface area contributed by atoms with Gasteiger partial charge in [-0.3, -0.25) is 10.3 Å². The van der Waals surface area contributed by atoms with Crippen molar-refractivity contribution in [1.29, 1.82) is 5.41 Å². The second-order valence-corrected chi connectivity index (χ2v) is 8.12. The lowest BCUT2D eigenvalue weighted by Crippen LogP contribution is -2.48. The average molecular weight is 398 g/mol. The molecule has 134 valence electrons. The van der Waals surface area contributed by atoms with E-state index in [2.05, 4.69) is 34.2 Å². The molecule has 1 fully saturated rings. The maximum Gasteiger partial charge on any atom is 0.216 e. The van der Waals surface area contributed by atoms with Crippen molar-refractivity contribution >= 4 is 26.2 Å². The molecular weight excluding hydrogens is 370 g/mol. The minimum Gasteiger partial charge on any atom is -0.381 e. The first-order valence-corrected chi connectivity index (χ1v) is 9.17. The Bertz CT molecular complexity index is 578. The quantitative estimate of drug-likeness (QED) is 0.523. The van der Waals surface area contributed by atoms with E-state index in [0.717, 1.165) is 42.7 Å². The molecule has 0 saturated carbocycles. The number of nitrogens with one attached hydrogen (secondary N) is 2. The third-order valence-corrected chi connectivity index (χ3v) is 4.59. The molecule has 0 radical (unpaired) electrons. The van der Waals surface area contributed by atoms with Crippen molar-refractivity contribution in [2.75, 3.05) is 18.4 Å². The Balaban J connectivity index is 1.96. The van der Waals surface area contributed by atoms with Crippen LogP contribution in [0.5, 0.6) is 0 Å². The molecular formula is C18H28BrN3O2. The van der Waals surface area contributed by atoms with E-state index in [1.54, 1.807) is 0 Å². The number of aliphatic hydroxyl groups is 1. The van der Waals surface area contributed by atoms with Crippen LogP contribution in [0.4, 0.5) is 5.69 Å². The number of piperidine rings is 1. The van der Waals surface area contributed by atoms with Crippen LogP contribution in [0.15, 0.2) is 18.2 Å². The van der Waals surface area contributed by atoms with Gasteiger partial charge in [0.15, 0.2) is 0 Å².